The van der Waals surface area contributed by atoms with Gasteiger partial charge in [-0.05, 0) is 24.0 Å². The van der Waals surface area contributed by atoms with Crippen LogP contribution >= 0.6 is 0 Å². The van der Waals surface area contributed by atoms with Gasteiger partial charge in [-0.3, -0.25) is 0 Å². The molecule has 0 radical (unpaired) electrons. The zero-order chi connectivity index (χ0) is 10.1. The molecule has 3 N–H and O–H groups in total. The summed E-state index contributed by atoms with van der Waals surface area (Å²) < 4.78 is 0. The van der Waals surface area contributed by atoms with Crippen molar-refractivity contribution in [2.24, 2.45) is 5.92 Å². The summed E-state index contributed by atoms with van der Waals surface area (Å²) in [5.41, 5.74) is 8.66. The number of anilines is 1. The van der Waals surface area contributed by atoms with Crippen LogP contribution in [0.5, 0.6) is 0 Å². The molecule has 74 valence electrons. The molecular formula is C11H15N3. The van der Waals surface area contributed by atoms with E-state index in [1.54, 1.807) is 6.20 Å². The molecule has 0 atom stereocenters. The lowest BCUT2D eigenvalue weighted by Gasteiger charge is -2.02. The third-order valence-corrected chi connectivity index (χ3v) is 2.27. The van der Waals surface area contributed by atoms with E-state index in [1.807, 2.05) is 12.3 Å². The number of hydrogen-bond donors (Lipinski definition) is 2. The number of nitrogens with two attached hydrogens (primary N) is 1. The molecule has 3 heteroatoms. The normalized spacial score (nSPS) is 11.4. The molecule has 2 aromatic heterocycles. The summed E-state index contributed by atoms with van der Waals surface area (Å²) in [4.78, 5) is 7.38. The second kappa shape index (κ2) is 3.33. The van der Waals surface area contributed by atoms with Gasteiger partial charge in [-0.2, -0.15) is 0 Å². The molecule has 2 rings (SSSR count). The molecule has 0 saturated carbocycles. The lowest BCUT2D eigenvalue weighted by atomic mass is 10.0. The van der Waals surface area contributed by atoms with Gasteiger partial charge < -0.3 is 10.7 Å². The molecule has 0 amide bonds. The smallest absolute Gasteiger partial charge is 0.137 e. The average molecular weight is 189 g/mol. The first-order valence-corrected chi connectivity index (χ1v) is 4.88. The predicted molar refractivity (Wildman–Crippen MR) is 59.0 cm³/mol. The number of pyridine rings is 1. The van der Waals surface area contributed by atoms with E-state index >= 15 is 0 Å². The van der Waals surface area contributed by atoms with Crippen LogP contribution in [0.15, 0.2) is 18.5 Å². The monoisotopic (exact) mass is 189 g/mol. The molecule has 0 saturated heterocycles. The summed E-state index contributed by atoms with van der Waals surface area (Å²) in [6.07, 6.45) is 4.76. The topological polar surface area (TPSA) is 54.7 Å². The molecule has 3 nitrogen and oxygen atoms in total. The molecule has 0 aliphatic carbocycles. The molecule has 0 aliphatic heterocycles. The summed E-state index contributed by atoms with van der Waals surface area (Å²) in [6.45, 7) is 4.41. The first kappa shape index (κ1) is 9.06. The Morgan fingerprint density at radius 3 is 3.00 bits per heavy atom. The molecule has 2 heterocycles. The minimum absolute atomic E-state index is 0.649. The van der Waals surface area contributed by atoms with E-state index in [2.05, 4.69) is 23.8 Å². The van der Waals surface area contributed by atoms with Gasteiger partial charge in [0.15, 0.2) is 0 Å². The maximum absolute atomic E-state index is 5.71. The zero-order valence-corrected chi connectivity index (χ0v) is 8.54. The summed E-state index contributed by atoms with van der Waals surface area (Å²) in [5.74, 6) is 0.649. The minimum Gasteiger partial charge on any atom is -0.397 e. The lowest BCUT2D eigenvalue weighted by Crippen LogP contribution is -1.93. The zero-order valence-electron chi connectivity index (χ0n) is 8.54. The van der Waals surface area contributed by atoms with Crippen LogP contribution in [0.25, 0.3) is 11.0 Å². The Bertz CT molecular complexity index is 443. The number of hydrogen-bond acceptors (Lipinski definition) is 2. The van der Waals surface area contributed by atoms with Crippen molar-refractivity contribution in [2.75, 3.05) is 5.73 Å². The number of nitrogen functional groups attached to an aromatic ring is 1. The second-order valence-electron chi connectivity index (χ2n) is 4.08. The molecule has 0 spiro atoms. The van der Waals surface area contributed by atoms with Crippen molar-refractivity contribution in [3.05, 3.63) is 24.0 Å². The van der Waals surface area contributed by atoms with Crippen LogP contribution in [0.2, 0.25) is 0 Å². The van der Waals surface area contributed by atoms with Gasteiger partial charge in [0.25, 0.3) is 0 Å². The van der Waals surface area contributed by atoms with E-state index in [0.29, 0.717) is 5.92 Å². The Balaban J connectivity index is 2.50. The van der Waals surface area contributed by atoms with Crippen LogP contribution in [0.4, 0.5) is 5.69 Å². The van der Waals surface area contributed by atoms with E-state index < -0.39 is 0 Å². The van der Waals surface area contributed by atoms with Gasteiger partial charge in [-0.15, -0.1) is 0 Å². The molecule has 0 bridgehead atoms. The van der Waals surface area contributed by atoms with Gasteiger partial charge in [-0.25, -0.2) is 4.98 Å². The molecule has 0 aromatic carbocycles. The number of aromatic nitrogens is 2. The van der Waals surface area contributed by atoms with E-state index in [9.17, 15) is 0 Å². The van der Waals surface area contributed by atoms with Crippen LogP contribution in [0.3, 0.4) is 0 Å². The lowest BCUT2D eigenvalue weighted by molar-refractivity contribution is 0.650. The number of H-pyrrole nitrogens is 1. The predicted octanol–water partition coefficient (Wildman–Crippen LogP) is 2.34. The fourth-order valence-electron chi connectivity index (χ4n) is 1.68. The van der Waals surface area contributed by atoms with Gasteiger partial charge >= 0.3 is 0 Å². The number of nitrogens with one attached hydrogen (secondary N) is 1. The molecule has 0 aliphatic rings. The third kappa shape index (κ3) is 1.58. The van der Waals surface area contributed by atoms with Crippen molar-refractivity contribution in [2.45, 2.75) is 20.3 Å². The summed E-state index contributed by atoms with van der Waals surface area (Å²) in [5, 5.41) is 1.15. The fraction of sp³-hybridized carbons (Fsp3) is 0.364. The first-order valence-electron chi connectivity index (χ1n) is 4.88. The van der Waals surface area contributed by atoms with Crippen molar-refractivity contribution in [3.8, 4) is 0 Å². The highest BCUT2D eigenvalue weighted by Gasteiger charge is 2.06. The Kier molecular flexibility index (Phi) is 2.15. The van der Waals surface area contributed by atoms with Crippen LogP contribution in [-0.2, 0) is 6.42 Å². The van der Waals surface area contributed by atoms with Crippen LogP contribution in [0, 0.1) is 5.92 Å². The Labute approximate surface area is 83.3 Å². The third-order valence-electron chi connectivity index (χ3n) is 2.27. The van der Waals surface area contributed by atoms with Gasteiger partial charge in [0.2, 0.25) is 0 Å². The molecule has 2 aromatic rings. The van der Waals surface area contributed by atoms with Crippen LogP contribution < -0.4 is 5.73 Å². The van der Waals surface area contributed by atoms with E-state index in [4.69, 9.17) is 5.73 Å². The van der Waals surface area contributed by atoms with Crippen LogP contribution in [0.1, 0.15) is 19.4 Å². The van der Waals surface area contributed by atoms with Gasteiger partial charge in [-0.1, -0.05) is 13.8 Å². The Morgan fingerprint density at radius 1 is 1.50 bits per heavy atom. The molecule has 14 heavy (non-hydrogen) atoms. The largest absolute Gasteiger partial charge is 0.397 e. The maximum atomic E-state index is 5.71. The number of rotatable bonds is 2. The molecule has 0 unspecified atom stereocenters. The Morgan fingerprint density at radius 2 is 2.29 bits per heavy atom. The standard InChI is InChI=1S/C11H15N3/c1-7(2)3-8-5-13-11-10(8)4-9(12)6-14-11/h4-7H,3,12H2,1-2H3,(H,13,14). The van der Waals surface area contributed by atoms with Gasteiger partial charge in [0.1, 0.15) is 5.65 Å². The highest BCUT2D eigenvalue weighted by Crippen LogP contribution is 2.21. The van der Waals surface area contributed by atoms with E-state index in [1.165, 1.54) is 5.56 Å². The Hall–Kier alpha value is -1.51. The van der Waals surface area contributed by atoms with Crippen molar-refractivity contribution in [3.63, 3.8) is 0 Å². The van der Waals surface area contributed by atoms with E-state index in [-0.39, 0.29) is 0 Å². The van der Waals surface area contributed by atoms with Crippen LogP contribution in [-0.4, -0.2) is 9.97 Å². The van der Waals surface area contributed by atoms with Crippen molar-refractivity contribution in [1.82, 2.24) is 9.97 Å². The summed E-state index contributed by atoms with van der Waals surface area (Å²) in [7, 11) is 0. The van der Waals surface area contributed by atoms with Gasteiger partial charge in [0.05, 0.1) is 11.9 Å². The summed E-state index contributed by atoms with van der Waals surface area (Å²) >= 11 is 0. The van der Waals surface area contributed by atoms with Crippen molar-refractivity contribution in [1.29, 1.82) is 0 Å². The number of nitrogens with zero attached hydrogens (tertiary/aromatic N) is 1. The highest BCUT2D eigenvalue weighted by atomic mass is 14.8. The second-order valence-corrected chi connectivity index (χ2v) is 4.08. The fourth-order valence-corrected chi connectivity index (χ4v) is 1.68. The van der Waals surface area contributed by atoms with Crippen molar-refractivity contribution >= 4 is 16.7 Å². The number of fused-ring (bicyclic) bond motifs is 1. The molecule has 0 fully saturated rings. The quantitative estimate of drug-likeness (QED) is 0.761. The van der Waals surface area contributed by atoms with Gasteiger partial charge in [0, 0.05) is 11.6 Å². The average Bonchev–Trinajstić information content (AvgIpc) is 2.47. The first-order chi connectivity index (χ1) is 6.66. The SMILES string of the molecule is CC(C)Cc1c[nH]c2ncc(N)cc12. The maximum Gasteiger partial charge on any atom is 0.137 e. The number of aromatic amines is 1. The summed E-state index contributed by atoms with van der Waals surface area (Å²) in [6, 6.07) is 1.98. The highest BCUT2D eigenvalue weighted by molar-refractivity contribution is 5.82. The molecular weight excluding hydrogens is 174 g/mol. The van der Waals surface area contributed by atoms with Crippen molar-refractivity contribution < 1.29 is 0 Å². The minimum atomic E-state index is 0.649. The van der Waals surface area contributed by atoms with E-state index in [0.717, 1.165) is 23.1 Å².